The molecule has 0 aliphatic carbocycles. The number of hydrogen-bond acceptors (Lipinski definition) is 11. The van der Waals surface area contributed by atoms with E-state index in [9.17, 15) is 19.2 Å². The Morgan fingerprint density at radius 1 is 0.854 bits per heavy atom. The molecule has 4 amide bonds. The number of benzene rings is 1. The van der Waals surface area contributed by atoms with Crippen LogP contribution in [0.25, 0.3) is 0 Å². The Bertz CT molecular complexity index is 1010. The molecular weight excluding hydrogens is 542 g/mol. The van der Waals surface area contributed by atoms with Crippen LogP contribution in [0.1, 0.15) is 28.8 Å². The topological polar surface area (TPSA) is 171 Å². The molecule has 41 heavy (non-hydrogen) atoms. The summed E-state index contributed by atoms with van der Waals surface area (Å²) in [5.41, 5.74) is 1.52. The quantitative estimate of drug-likeness (QED) is 0.126. The molecule has 14 heteroatoms. The lowest BCUT2D eigenvalue weighted by Gasteiger charge is -2.29. The van der Waals surface area contributed by atoms with Crippen molar-refractivity contribution in [2.24, 2.45) is 0 Å². The van der Waals surface area contributed by atoms with E-state index in [-0.39, 0.29) is 56.9 Å². The van der Waals surface area contributed by atoms with Gasteiger partial charge in [0, 0.05) is 29.8 Å². The van der Waals surface area contributed by atoms with Gasteiger partial charge in [-0.25, -0.2) is 0 Å². The lowest BCUT2D eigenvalue weighted by Crippen LogP contribution is -2.52. The van der Waals surface area contributed by atoms with Crippen molar-refractivity contribution < 1.29 is 52.7 Å². The smallest absolute Gasteiger partial charge is 0.255 e. The third-order valence-corrected chi connectivity index (χ3v) is 6.18. The van der Waals surface area contributed by atoms with Crippen LogP contribution < -0.4 is 10.6 Å². The van der Waals surface area contributed by atoms with E-state index in [1.165, 1.54) is 4.90 Å². The fourth-order valence-corrected chi connectivity index (χ4v) is 4.22. The van der Waals surface area contributed by atoms with E-state index >= 15 is 0 Å². The van der Waals surface area contributed by atoms with Crippen LogP contribution in [0.2, 0.25) is 0 Å². The van der Waals surface area contributed by atoms with Crippen molar-refractivity contribution in [2.75, 3.05) is 91.2 Å². The highest BCUT2D eigenvalue weighted by Crippen LogP contribution is 2.32. The van der Waals surface area contributed by atoms with Gasteiger partial charge < -0.3 is 43.7 Å². The van der Waals surface area contributed by atoms with E-state index < -0.39 is 11.9 Å². The number of fused-ring (bicyclic) bond motifs is 1. The van der Waals surface area contributed by atoms with Gasteiger partial charge in [-0.2, -0.15) is 0 Å². The monoisotopic (exact) mass is 581 g/mol. The number of aliphatic hydroxyl groups excluding tert-OH is 1. The minimum Gasteiger partial charge on any atom is -0.394 e. The summed E-state index contributed by atoms with van der Waals surface area (Å²) in [6, 6.07) is 4.29. The fourth-order valence-electron chi connectivity index (χ4n) is 4.22. The van der Waals surface area contributed by atoms with Crippen LogP contribution in [0.3, 0.4) is 0 Å². The highest BCUT2D eigenvalue weighted by molar-refractivity contribution is 6.06. The van der Waals surface area contributed by atoms with Crippen LogP contribution in [0.4, 0.5) is 5.69 Å². The second-order valence-electron chi connectivity index (χ2n) is 9.12. The van der Waals surface area contributed by atoms with Crippen LogP contribution in [-0.2, 0) is 49.3 Å². The summed E-state index contributed by atoms with van der Waals surface area (Å²) in [4.78, 5) is 50.4. The average Bonchev–Trinajstić information content (AvgIpc) is 3.29. The summed E-state index contributed by atoms with van der Waals surface area (Å²) in [6.07, 6.45) is 0.439. The van der Waals surface area contributed by atoms with Crippen molar-refractivity contribution in [3.63, 3.8) is 0 Å². The Hall–Kier alpha value is -2.98. The number of aliphatic hydroxyl groups is 1. The van der Waals surface area contributed by atoms with E-state index in [1.54, 1.807) is 18.2 Å². The minimum atomic E-state index is -0.724. The van der Waals surface area contributed by atoms with Gasteiger partial charge in [0.2, 0.25) is 17.7 Å². The summed E-state index contributed by atoms with van der Waals surface area (Å²) in [5, 5.41) is 13.6. The van der Waals surface area contributed by atoms with E-state index in [0.717, 1.165) is 0 Å². The summed E-state index contributed by atoms with van der Waals surface area (Å²) in [7, 11) is 0. The number of nitrogens with zero attached hydrogens (tertiary/aromatic N) is 1. The highest BCUT2D eigenvalue weighted by atomic mass is 16.6. The van der Waals surface area contributed by atoms with Crippen molar-refractivity contribution in [2.45, 2.75) is 25.4 Å². The van der Waals surface area contributed by atoms with E-state index in [2.05, 4.69) is 10.6 Å². The van der Waals surface area contributed by atoms with Gasteiger partial charge in [-0.3, -0.25) is 24.5 Å². The molecule has 1 fully saturated rings. The number of imide groups is 1. The minimum absolute atomic E-state index is 0.00108. The summed E-state index contributed by atoms with van der Waals surface area (Å²) < 4.78 is 32.0. The number of carbonyl (C=O) groups excluding carboxylic acids is 4. The third-order valence-electron chi connectivity index (χ3n) is 6.18. The largest absolute Gasteiger partial charge is 0.394 e. The van der Waals surface area contributed by atoms with Gasteiger partial charge in [-0.15, -0.1) is 0 Å². The molecule has 14 nitrogen and oxygen atoms in total. The number of hydrogen-bond donors (Lipinski definition) is 3. The fraction of sp³-hybridized carbons (Fsp3) is 0.630. The maximum absolute atomic E-state index is 12.9. The molecule has 2 aliphatic heterocycles. The highest BCUT2D eigenvalue weighted by Gasteiger charge is 2.39. The molecule has 1 saturated heterocycles. The first-order valence-electron chi connectivity index (χ1n) is 13.6. The maximum Gasteiger partial charge on any atom is 0.255 e. The Morgan fingerprint density at radius 2 is 1.41 bits per heavy atom. The molecule has 1 aromatic carbocycles. The Balaban J connectivity index is 1.20. The third kappa shape index (κ3) is 11.1. The first-order valence-corrected chi connectivity index (χ1v) is 13.6. The van der Waals surface area contributed by atoms with Gasteiger partial charge in [0.15, 0.2) is 0 Å². The van der Waals surface area contributed by atoms with Crippen LogP contribution in [0.5, 0.6) is 0 Å². The van der Waals surface area contributed by atoms with Crippen molar-refractivity contribution in [3.05, 3.63) is 29.3 Å². The summed E-state index contributed by atoms with van der Waals surface area (Å²) in [5.74, 6) is -1.52. The van der Waals surface area contributed by atoms with Crippen molar-refractivity contribution in [1.29, 1.82) is 0 Å². The van der Waals surface area contributed by atoms with Gasteiger partial charge in [-0.05, 0) is 18.6 Å². The molecule has 2 heterocycles. The number of rotatable bonds is 21. The van der Waals surface area contributed by atoms with Crippen LogP contribution in [-0.4, -0.2) is 126 Å². The zero-order valence-corrected chi connectivity index (χ0v) is 23.1. The van der Waals surface area contributed by atoms with E-state index in [1.807, 2.05) is 0 Å². The molecule has 0 radical (unpaired) electrons. The predicted molar refractivity (Wildman–Crippen MR) is 143 cm³/mol. The molecule has 1 aromatic rings. The van der Waals surface area contributed by atoms with E-state index in [0.29, 0.717) is 82.9 Å². The van der Waals surface area contributed by atoms with Crippen LogP contribution in [0, 0.1) is 0 Å². The molecular formula is C27H39N3O11. The molecule has 228 valence electrons. The first kappa shape index (κ1) is 32.5. The molecule has 0 bridgehead atoms. The zero-order chi connectivity index (χ0) is 29.3. The molecule has 1 unspecified atom stereocenters. The van der Waals surface area contributed by atoms with Gasteiger partial charge >= 0.3 is 0 Å². The second kappa shape index (κ2) is 18.5. The van der Waals surface area contributed by atoms with Crippen molar-refractivity contribution in [1.82, 2.24) is 10.2 Å². The van der Waals surface area contributed by atoms with Crippen molar-refractivity contribution >= 4 is 29.3 Å². The molecule has 1 atom stereocenters. The van der Waals surface area contributed by atoms with E-state index in [4.69, 9.17) is 33.5 Å². The van der Waals surface area contributed by atoms with Gasteiger partial charge in [0.05, 0.1) is 79.3 Å². The Labute approximate surface area is 238 Å². The first-order chi connectivity index (χ1) is 20.0. The standard InChI is InChI=1S/C27H39N3O11/c31-6-7-36-8-9-37-10-11-38-12-13-39-14-15-40-16-17-41-19-25(33)28-22-3-1-2-20-21(22)18-30(27(20)35)23-4-5-24(32)29-26(23)34/h1-3,23,31H,4-19H2,(H,28,33)(H,29,32,34). The number of piperidine rings is 1. The molecule has 0 saturated carbocycles. The molecule has 2 aliphatic rings. The normalized spacial score (nSPS) is 16.7. The number of amides is 4. The van der Waals surface area contributed by atoms with Crippen LogP contribution in [0.15, 0.2) is 18.2 Å². The Morgan fingerprint density at radius 3 is 1.98 bits per heavy atom. The number of anilines is 1. The summed E-state index contributed by atoms with van der Waals surface area (Å²) >= 11 is 0. The molecule has 0 spiro atoms. The number of carbonyl (C=O) groups is 4. The SMILES string of the molecule is O=C1CCC(N2Cc3c(NC(=O)COCCOCCOCCOCCOCCOCCO)cccc3C2=O)C(=O)N1. The van der Waals surface area contributed by atoms with Gasteiger partial charge in [0.25, 0.3) is 5.91 Å². The zero-order valence-electron chi connectivity index (χ0n) is 23.1. The predicted octanol–water partition coefficient (Wildman–Crippen LogP) is -0.522. The lowest BCUT2D eigenvalue weighted by atomic mass is 10.0. The van der Waals surface area contributed by atoms with Crippen LogP contribution >= 0.6 is 0 Å². The van der Waals surface area contributed by atoms with Gasteiger partial charge in [0.1, 0.15) is 12.6 Å². The lowest BCUT2D eigenvalue weighted by molar-refractivity contribution is -0.137. The second-order valence-corrected chi connectivity index (χ2v) is 9.12. The molecule has 3 N–H and O–H groups in total. The van der Waals surface area contributed by atoms with Gasteiger partial charge in [-0.1, -0.05) is 6.07 Å². The average molecular weight is 582 g/mol. The summed E-state index contributed by atoms with van der Waals surface area (Å²) in [6.45, 7) is 4.25. The molecule has 3 rings (SSSR count). The maximum atomic E-state index is 12.9. The number of ether oxygens (including phenoxy) is 6. The van der Waals surface area contributed by atoms with Crippen molar-refractivity contribution in [3.8, 4) is 0 Å². The molecule has 0 aromatic heterocycles. The Kier molecular flexibility index (Phi) is 14.6. The number of nitrogens with one attached hydrogen (secondary N) is 2.